The normalized spacial score (nSPS) is 18.4. The van der Waals surface area contributed by atoms with E-state index >= 15 is 0 Å². The topological polar surface area (TPSA) is 76.0 Å². The Morgan fingerprint density at radius 1 is 1.35 bits per heavy atom. The van der Waals surface area contributed by atoms with Crippen molar-refractivity contribution in [2.24, 2.45) is 0 Å². The maximum atomic E-state index is 12.2. The predicted molar refractivity (Wildman–Crippen MR) is 74.7 cm³/mol. The molecule has 2 aromatic heterocycles. The van der Waals surface area contributed by atoms with E-state index in [0.29, 0.717) is 11.3 Å². The lowest BCUT2D eigenvalue weighted by Gasteiger charge is -2.30. The molecule has 0 amide bonds. The highest BCUT2D eigenvalue weighted by Crippen LogP contribution is 2.16. The second-order valence-corrected chi connectivity index (χ2v) is 5.00. The number of nitrogens with zero attached hydrogens (tertiary/aromatic N) is 4. The minimum absolute atomic E-state index is 0.103. The molecule has 1 saturated heterocycles. The monoisotopic (exact) mass is 277 g/mol. The first kappa shape index (κ1) is 13.3. The fourth-order valence-electron chi connectivity index (χ4n) is 2.67. The fraction of sp³-hybridized carbons (Fsp3) is 0.615. The third kappa shape index (κ3) is 2.46. The highest BCUT2D eigenvalue weighted by atomic mass is 16.5. The molecule has 0 radical (unpaired) electrons. The number of imidazole rings is 1. The molecule has 0 spiro atoms. The van der Waals surface area contributed by atoms with Gasteiger partial charge in [0.05, 0.1) is 19.3 Å². The lowest BCUT2D eigenvalue weighted by Crippen LogP contribution is -2.41. The molecule has 7 nitrogen and oxygen atoms in total. The Morgan fingerprint density at radius 3 is 2.85 bits per heavy atom. The number of aromatic nitrogens is 4. The molecule has 0 saturated carbocycles. The van der Waals surface area contributed by atoms with Crippen LogP contribution >= 0.6 is 0 Å². The van der Waals surface area contributed by atoms with Gasteiger partial charge in [-0.15, -0.1) is 0 Å². The maximum Gasteiger partial charge on any atom is 0.329 e. The molecule has 1 atom stereocenters. The van der Waals surface area contributed by atoms with Crippen molar-refractivity contribution < 1.29 is 4.74 Å². The summed E-state index contributed by atoms with van der Waals surface area (Å²) in [6.07, 6.45) is 4.08. The SMILES string of the molecule is CCC(CN1CCOCC1)n1c(=O)[nH]c2nccnc21. The molecule has 1 unspecified atom stereocenters. The van der Waals surface area contributed by atoms with E-state index in [1.165, 1.54) is 0 Å². The van der Waals surface area contributed by atoms with Gasteiger partial charge in [-0.25, -0.2) is 14.8 Å². The van der Waals surface area contributed by atoms with Crippen LogP contribution in [0.25, 0.3) is 11.3 Å². The molecule has 0 aromatic carbocycles. The summed E-state index contributed by atoms with van der Waals surface area (Å²) in [6.45, 7) is 6.28. The van der Waals surface area contributed by atoms with E-state index in [1.807, 2.05) is 0 Å². The third-order valence-electron chi connectivity index (χ3n) is 3.76. The molecule has 1 aliphatic rings. The number of H-pyrrole nitrogens is 1. The summed E-state index contributed by atoms with van der Waals surface area (Å²) < 4.78 is 7.09. The van der Waals surface area contributed by atoms with Crippen molar-refractivity contribution in [3.05, 3.63) is 22.9 Å². The van der Waals surface area contributed by atoms with Gasteiger partial charge in [0, 0.05) is 32.0 Å². The third-order valence-corrected chi connectivity index (χ3v) is 3.76. The van der Waals surface area contributed by atoms with Crippen LogP contribution in [-0.2, 0) is 4.74 Å². The van der Waals surface area contributed by atoms with Gasteiger partial charge >= 0.3 is 5.69 Å². The van der Waals surface area contributed by atoms with Crippen LogP contribution in [0, 0.1) is 0 Å². The van der Waals surface area contributed by atoms with Crippen LogP contribution in [0.3, 0.4) is 0 Å². The number of hydrogen-bond donors (Lipinski definition) is 1. The van der Waals surface area contributed by atoms with Crippen molar-refractivity contribution in [2.45, 2.75) is 19.4 Å². The van der Waals surface area contributed by atoms with Gasteiger partial charge in [-0.05, 0) is 6.42 Å². The van der Waals surface area contributed by atoms with Gasteiger partial charge in [-0.3, -0.25) is 14.5 Å². The zero-order valence-corrected chi connectivity index (χ0v) is 11.6. The van der Waals surface area contributed by atoms with E-state index in [1.54, 1.807) is 17.0 Å². The molecule has 108 valence electrons. The number of hydrogen-bond acceptors (Lipinski definition) is 5. The first-order valence-electron chi connectivity index (χ1n) is 7.01. The van der Waals surface area contributed by atoms with Gasteiger partial charge in [-0.1, -0.05) is 6.92 Å². The Morgan fingerprint density at radius 2 is 2.10 bits per heavy atom. The summed E-state index contributed by atoms with van der Waals surface area (Å²) in [5.41, 5.74) is 1.06. The Bertz CT molecular complexity index is 629. The number of fused-ring (bicyclic) bond motifs is 1. The summed E-state index contributed by atoms with van der Waals surface area (Å²) in [5, 5.41) is 0. The molecule has 3 heterocycles. The molecule has 1 fully saturated rings. The molecular weight excluding hydrogens is 258 g/mol. The highest BCUT2D eigenvalue weighted by Gasteiger charge is 2.21. The zero-order valence-electron chi connectivity index (χ0n) is 11.6. The summed E-state index contributed by atoms with van der Waals surface area (Å²) in [5.74, 6) is 0. The van der Waals surface area contributed by atoms with Gasteiger partial charge in [0.25, 0.3) is 0 Å². The van der Waals surface area contributed by atoms with E-state index in [0.717, 1.165) is 39.3 Å². The lowest BCUT2D eigenvalue weighted by molar-refractivity contribution is 0.0312. The van der Waals surface area contributed by atoms with E-state index in [9.17, 15) is 4.79 Å². The van der Waals surface area contributed by atoms with Gasteiger partial charge < -0.3 is 4.74 Å². The van der Waals surface area contributed by atoms with Crippen LogP contribution in [-0.4, -0.2) is 57.3 Å². The largest absolute Gasteiger partial charge is 0.379 e. The van der Waals surface area contributed by atoms with Gasteiger partial charge in [0.1, 0.15) is 0 Å². The number of morpholine rings is 1. The predicted octanol–water partition coefficient (Wildman–Crippen LogP) is 0.403. The Balaban J connectivity index is 1.90. The van der Waals surface area contributed by atoms with Crippen LogP contribution in [0.4, 0.5) is 0 Å². The molecule has 0 aliphatic carbocycles. The van der Waals surface area contributed by atoms with E-state index in [-0.39, 0.29) is 11.7 Å². The number of rotatable bonds is 4. The first-order chi connectivity index (χ1) is 9.79. The minimum atomic E-state index is -0.133. The Labute approximate surface area is 116 Å². The number of aromatic amines is 1. The van der Waals surface area contributed by atoms with E-state index in [4.69, 9.17) is 4.74 Å². The standard InChI is InChI=1S/C13H19N5O2/c1-2-10(9-17-5-7-20-8-6-17)18-12-11(16-13(18)19)14-3-4-15-12/h3-4,10H,2,5-9H2,1H3,(H,14,16,19). The Kier molecular flexibility index (Phi) is 3.79. The van der Waals surface area contributed by atoms with Crippen LogP contribution in [0.5, 0.6) is 0 Å². The van der Waals surface area contributed by atoms with Crippen molar-refractivity contribution in [3.8, 4) is 0 Å². The average molecular weight is 277 g/mol. The zero-order chi connectivity index (χ0) is 13.9. The maximum absolute atomic E-state index is 12.2. The van der Waals surface area contributed by atoms with Crippen molar-refractivity contribution in [2.75, 3.05) is 32.8 Å². The quantitative estimate of drug-likeness (QED) is 0.875. The highest BCUT2D eigenvalue weighted by molar-refractivity contribution is 5.64. The summed E-state index contributed by atoms with van der Waals surface area (Å²) in [4.78, 5) is 25.7. The number of ether oxygens (including phenoxy) is 1. The molecule has 1 N–H and O–H groups in total. The summed E-state index contributed by atoms with van der Waals surface area (Å²) >= 11 is 0. The molecule has 0 bridgehead atoms. The first-order valence-corrected chi connectivity index (χ1v) is 7.01. The Hall–Kier alpha value is -1.73. The van der Waals surface area contributed by atoms with Gasteiger partial charge in [0.2, 0.25) is 0 Å². The van der Waals surface area contributed by atoms with Crippen LogP contribution in [0.2, 0.25) is 0 Å². The lowest BCUT2D eigenvalue weighted by atomic mass is 10.2. The molecule has 3 rings (SSSR count). The van der Waals surface area contributed by atoms with Crippen LogP contribution < -0.4 is 5.69 Å². The smallest absolute Gasteiger partial charge is 0.329 e. The van der Waals surface area contributed by atoms with E-state index < -0.39 is 0 Å². The second kappa shape index (κ2) is 5.72. The second-order valence-electron chi connectivity index (χ2n) is 5.00. The fourth-order valence-corrected chi connectivity index (χ4v) is 2.67. The van der Waals surface area contributed by atoms with Crippen molar-refractivity contribution in [1.82, 2.24) is 24.4 Å². The summed E-state index contributed by atoms with van der Waals surface area (Å²) in [7, 11) is 0. The molecule has 7 heteroatoms. The van der Waals surface area contributed by atoms with Crippen LogP contribution in [0.15, 0.2) is 17.2 Å². The minimum Gasteiger partial charge on any atom is -0.379 e. The molecule has 1 aliphatic heterocycles. The van der Waals surface area contributed by atoms with Gasteiger partial charge in [0.15, 0.2) is 11.3 Å². The summed E-state index contributed by atoms with van der Waals surface area (Å²) in [6, 6.07) is 0.103. The van der Waals surface area contributed by atoms with Gasteiger partial charge in [-0.2, -0.15) is 0 Å². The average Bonchev–Trinajstić information content (AvgIpc) is 2.82. The van der Waals surface area contributed by atoms with Crippen molar-refractivity contribution >= 4 is 11.3 Å². The van der Waals surface area contributed by atoms with Crippen molar-refractivity contribution in [3.63, 3.8) is 0 Å². The number of nitrogens with one attached hydrogen (secondary N) is 1. The molecule has 20 heavy (non-hydrogen) atoms. The van der Waals surface area contributed by atoms with Crippen molar-refractivity contribution in [1.29, 1.82) is 0 Å². The van der Waals surface area contributed by atoms with E-state index in [2.05, 4.69) is 26.8 Å². The van der Waals surface area contributed by atoms with Crippen LogP contribution in [0.1, 0.15) is 19.4 Å². The molecule has 2 aromatic rings. The molecular formula is C13H19N5O2.